The summed E-state index contributed by atoms with van der Waals surface area (Å²) in [5.41, 5.74) is 0. The van der Waals surface area contributed by atoms with Crippen LogP contribution in [0, 0.1) is 0 Å². The van der Waals surface area contributed by atoms with E-state index in [1.54, 1.807) is 6.92 Å². The minimum atomic E-state index is -4.14. The van der Waals surface area contributed by atoms with Crippen molar-refractivity contribution in [2.24, 2.45) is 0 Å². The first-order valence-corrected chi connectivity index (χ1v) is 4.39. The first-order chi connectivity index (χ1) is 6.45. The highest BCUT2D eigenvalue weighted by atomic mass is 19.4. The Morgan fingerprint density at radius 3 is 2.50 bits per heavy atom. The van der Waals surface area contributed by atoms with Crippen LogP contribution < -0.4 is 5.32 Å². The van der Waals surface area contributed by atoms with Gasteiger partial charge in [-0.05, 0) is 6.92 Å². The SMILES string of the molecule is CCOC(=O)CCNCCC(F)(F)F. The van der Waals surface area contributed by atoms with E-state index in [4.69, 9.17) is 0 Å². The van der Waals surface area contributed by atoms with Gasteiger partial charge < -0.3 is 10.1 Å². The van der Waals surface area contributed by atoms with E-state index >= 15 is 0 Å². The van der Waals surface area contributed by atoms with Gasteiger partial charge in [0.05, 0.1) is 19.4 Å². The first kappa shape index (κ1) is 13.2. The molecule has 14 heavy (non-hydrogen) atoms. The highest BCUT2D eigenvalue weighted by Gasteiger charge is 2.25. The molecule has 0 heterocycles. The van der Waals surface area contributed by atoms with Gasteiger partial charge in [0.2, 0.25) is 0 Å². The van der Waals surface area contributed by atoms with Crippen LogP contribution in [-0.2, 0) is 9.53 Å². The third-order valence-corrected chi connectivity index (χ3v) is 1.40. The second-order valence-electron chi connectivity index (χ2n) is 2.67. The summed E-state index contributed by atoms with van der Waals surface area (Å²) in [7, 11) is 0. The zero-order chi connectivity index (χ0) is 11.0. The first-order valence-electron chi connectivity index (χ1n) is 4.39. The van der Waals surface area contributed by atoms with E-state index in [1.807, 2.05) is 0 Å². The second kappa shape index (κ2) is 6.64. The van der Waals surface area contributed by atoms with E-state index in [2.05, 4.69) is 10.1 Å². The lowest BCUT2D eigenvalue weighted by atomic mass is 10.4. The number of hydrogen-bond donors (Lipinski definition) is 1. The molecular formula is C8H14F3NO2. The van der Waals surface area contributed by atoms with E-state index in [9.17, 15) is 18.0 Å². The predicted molar refractivity (Wildman–Crippen MR) is 44.8 cm³/mol. The molecule has 0 saturated carbocycles. The Hall–Kier alpha value is -0.780. The standard InChI is InChI=1S/C8H14F3NO2/c1-2-14-7(13)3-5-12-6-4-8(9,10)11/h12H,2-6H2,1H3. The van der Waals surface area contributed by atoms with Gasteiger partial charge in [0.25, 0.3) is 0 Å². The molecule has 0 aliphatic rings. The van der Waals surface area contributed by atoms with Crippen LogP contribution in [0.1, 0.15) is 19.8 Å². The van der Waals surface area contributed by atoms with Crippen molar-refractivity contribution >= 4 is 5.97 Å². The van der Waals surface area contributed by atoms with Gasteiger partial charge in [-0.15, -0.1) is 0 Å². The normalized spacial score (nSPS) is 11.4. The van der Waals surface area contributed by atoms with Crippen LogP contribution in [0.25, 0.3) is 0 Å². The number of nitrogens with one attached hydrogen (secondary N) is 1. The van der Waals surface area contributed by atoms with Crippen molar-refractivity contribution in [1.82, 2.24) is 5.32 Å². The Morgan fingerprint density at radius 2 is 2.00 bits per heavy atom. The fraction of sp³-hybridized carbons (Fsp3) is 0.875. The Bertz CT molecular complexity index is 170. The van der Waals surface area contributed by atoms with E-state index in [-0.39, 0.29) is 19.5 Å². The third kappa shape index (κ3) is 9.31. The van der Waals surface area contributed by atoms with Gasteiger partial charge in [-0.1, -0.05) is 0 Å². The maximum Gasteiger partial charge on any atom is 0.390 e. The molecular weight excluding hydrogens is 199 g/mol. The molecule has 6 heteroatoms. The molecule has 0 amide bonds. The molecule has 0 fully saturated rings. The maximum atomic E-state index is 11.6. The average molecular weight is 213 g/mol. The van der Waals surface area contributed by atoms with Crippen LogP contribution in [0.5, 0.6) is 0 Å². The molecule has 0 atom stereocenters. The van der Waals surface area contributed by atoms with Crippen molar-refractivity contribution in [3.05, 3.63) is 0 Å². The minimum absolute atomic E-state index is 0.103. The minimum Gasteiger partial charge on any atom is -0.466 e. The van der Waals surface area contributed by atoms with E-state index < -0.39 is 18.6 Å². The van der Waals surface area contributed by atoms with Gasteiger partial charge in [0, 0.05) is 13.1 Å². The fourth-order valence-electron chi connectivity index (χ4n) is 0.779. The van der Waals surface area contributed by atoms with Gasteiger partial charge in [-0.3, -0.25) is 4.79 Å². The molecule has 0 unspecified atom stereocenters. The Morgan fingerprint density at radius 1 is 1.36 bits per heavy atom. The van der Waals surface area contributed by atoms with Gasteiger partial charge in [-0.2, -0.15) is 13.2 Å². The lowest BCUT2D eigenvalue weighted by Gasteiger charge is -2.07. The van der Waals surface area contributed by atoms with Gasteiger partial charge in [-0.25, -0.2) is 0 Å². The van der Waals surface area contributed by atoms with Crippen LogP contribution >= 0.6 is 0 Å². The van der Waals surface area contributed by atoms with Crippen LogP contribution in [0.2, 0.25) is 0 Å². The summed E-state index contributed by atoms with van der Waals surface area (Å²) in [6, 6.07) is 0. The average Bonchev–Trinajstić information content (AvgIpc) is 2.02. The summed E-state index contributed by atoms with van der Waals surface area (Å²) in [4.78, 5) is 10.7. The number of alkyl halides is 3. The highest BCUT2D eigenvalue weighted by molar-refractivity contribution is 5.69. The Kier molecular flexibility index (Phi) is 6.27. The van der Waals surface area contributed by atoms with Crippen molar-refractivity contribution < 1.29 is 22.7 Å². The number of carbonyl (C=O) groups excluding carboxylic acids is 1. The van der Waals surface area contributed by atoms with Gasteiger partial charge in [0.1, 0.15) is 0 Å². The molecule has 84 valence electrons. The summed E-state index contributed by atoms with van der Waals surface area (Å²) in [5.74, 6) is -0.396. The number of ether oxygens (including phenoxy) is 1. The zero-order valence-corrected chi connectivity index (χ0v) is 7.99. The van der Waals surface area contributed by atoms with Crippen molar-refractivity contribution in [2.45, 2.75) is 25.9 Å². The van der Waals surface area contributed by atoms with E-state index in [1.165, 1.54) is 0 Å². The number of rotatable bonds is 6. The van der Waals surface area contributed by atoms with Crippen molar-refractivity contribution in [2.75, 3.05) is 19.7 Å². The number of esters is 1. The summed E-state index contributed by atoms with van der Waals surface area (Å²) in [6.07, 6.45) is -4.92. The molecule has 0 spiro atoms. The monoisotopic (exact) mass is 213 g/mol. The Labute approximate surface area is 80.6 Å². The molecule has 0 radical (unpaired) electrons. The second-order valence-corrected chi connectivity index (χ2v) is 2.67. The van der Waals surface area contributed by atoms with E-state index in [0.29, 0.717) is 6.61 Å². The van der Waals surface area contributed by atoms with Crippen LogP contribution in [0.3, 0.4) is 0 Å². The molecule has 0 bridgehead atoms. The van der Waals surface area contributed by atoms with Crippen LogP contribution in [0.15, 0.2) is 0 Å². The molecule has 0 rings (SSSR count). The number of carbonyl (C=O) groups is 1. The summed E-state index contributed by atoms with van der Waals surface area (Å²) in [6.45, 7) is 2.02. The smallest absolute Gasteiger partial charge is 0.390 e. The van der Waals surface area contributed by atoms with Crippen LogP contribution in [0.4, 0.5) is 13.2 Å². The highest BCUT2D eigenvalue weighted by Crippen LogP contribution is 2.17. The number of halogens is 3. The zero-order valence-electron chi connectivity index (χ0n) is 7.99. The summed E-state index contributed by atoms with van der Waals surface area (Å²) in [5, 5.41) is 2.51. The molecule has 3 nitrogen and oxygen atoms in total. The maximum absolute atomic E-state index is 11.6. The fourth-order valence-corrected chi connectivity index (χ4v) is 0.779. The van der Waals surface area contributed by atoms with Gasteiger partial charge >= 0.3 is 12.1 Å². The number of hydrogen-bond acceptors (Lipinski definition) is 3. The largest absolute Gasteiger partial charge is 0.466 e. The van der Waals surface area contributed by atoms with Crippen molar-refractivity contribution in [3.63, 3.8) is 0 Å². The predicted octanol–water partition coefficient (Wildman–Crippen LogP) is 1.48. The van der Waals surface area contributed by atoms with Crippen LogP contribution in [-0.4, -0.2) is 31.8 Å². The molecule has 0 aliphatic carbocycles. The molecule has 0 aromatic heterocycles. The molecule has 0 saturated heterocycles. The summed E-state index contributed by atoms with van der Waals surface area (Å²) >= 11 is 0. The summed E-state index contributed by atoms with van der Waals surface area (Å²) < 4.78 is 39.5. The quantitative estimate of drug-likeness (QED) is 0.536. The lowest BCUT2D eigenvalue weighted by molar-refractivity contribution is -0.143. The molecule has 0 aromatic rings. The molecule has 0 aromatic carbocycles. The molecule has 0 aliphatic heterocycles. The van der Waals surface area contributed by atoms with Gasteiger partial charge in [0.15, 0.2) is 0 Å². The van der Waals surface area contributed by atoms with E-state index in [0.717, 1.165) is 0 Å². The topological polar surface area (TPSA) is 38.3 Å². The lowest BCUT2D eigenvalue weighted by Crippen LogP contribution is -2.24. The third-order valence-electron chi connectivity index (χ3n) is 1.40. The van der Waals surface area contributed by atoms with Crippen molar-refractivity contribution in [1.29, 1.82) is 0 Å². The Balaban J connectivity index is 3.26. The molecule has 1 N–H and O–H groups in total. The van der Waals surface area contributed by atoms with Crippen molar-refractivity contribution in [3.8, 4) is 0 Å².